The molecule has 5 nitrogen and oxygen atoms in total. The number of hydrogen-bond donors (Lipinski definition) is 2. The fourth-order valence-electron chi connectivity index (χ4n) is 1.57. The molecule has 0 saturated carbocycles. The first-order valence-corrected chi connectivity index (χ1v) is 5.81. The molecule has 16 heavy (non-hydrogen) atoms. The lowest BCUT2D eigenvalue weighted by Crippen LogP contribution is -2.33. The van der Waals surface area contributed by atoms with Crippen molar-refractivity contribution in [3.8, 4) is 0 Å². The van der Waals surface area contributed by atoms with E-state index in [1.165, 1.54) is 6.33 Å². The van der Waals surface area contributed by atoms with Gasteiger partial charge < -0.3 is 10.4 Å². The molecule has 1 heterocycles. The number of aryl methyl sites for hydroxylation is 1. The summed E-state index contributed by atoms with van der Waals surface area (Å²) in [4.78, 5) is 4.12. The van der Waals surface area contributed by atoms with Gasteiger partial charge in [0.05, 0.1) is 5.60 Å². The Hall–Kier alpha value is -0.940. The van der Waals surface area contributed by atoms with Crippen molar-refractivity contribution >= 4 is 0 Å². The Balaban J connectivity index is 2.36. The number of rotatable bonds is 7. The van der Waals surface area contributed by atoms with Crippen molar-refractivity contribution in [2.45, 2.75) is 38.7 Å². The molecule has 0 spiro atoms. The second kappa shape index (κ2) is 5.96. The molecule has 0 radical (unpaired) electrons. The third-order valence-electron chi connectivity index (χ3n) is 2.61. The quantitative estimate of drug-likeness (QED) is 0.665. The van der Waals surface area contributed by atoms with Gasteiger partial charge in [-0.15, -0.1) is 0 Å². The van der Waals surface area contributed by atoms with Crippen molar-refractivity contribution in [1.82, 2.24) is 20.1 Å². The zero-order valence-electron chi connectivity index (χ0n) is 10.4. The fourth-order valence-corrected chi connectivity index (χ4v) is 1.57. The smallest absolute Gasteiger partial charge is 0.138 e. The Morgan fingerprint density at radius 2 is 2.25 bits per heavy atom. The standard InChI is InChI=1S/C11H22N4O/c1-4-6-12-7-5-11(2,16)8-10-13-9-14-15(10)3/h9,12,16H,4-8H2,1-3H3. The summed E-state index contributed by atoms with van der Waals surface area (Å²) in [6.45, 7) is 5.80. The van der Waals surface area contributed by atoms with Gasteiger partial charge in [0.1, 0.15) is 12.2 Å². The first-order chi connectivity index (χ1) is 7.55. The summed E-state index contributed by atoms with van der Waals surface area (Å²) in [7, 11) is 1.84. The monoisotopic (exact) mass is 226 g/mol. The minimum atomic E-state index is -0.721. The van der Waals surface area contributed by atoms with E-state index in [1.807, 2.05) is 14.0 Å². The predicted molar refractivity (Wildman–Crippen MR) is 63.1 cm³/mol. The van der Waals surface area contributed by atoms with Crippen molar-refractivity contribution in [3.63, 3.8) is 0 Å². The molecule has 0 fully saturated rings. The highest BCUT2D eigenvalue weighted by molar-refractivity contribution is 4.92. The summed E-state index contributed by atoms with van der Waals surface area (Å²) in [5.41, 5.74) is -0.721. The van der Waals surface area contributed by atoms with Crippen LogP contribution in [0.2, 0.25) is 0 Å². The van der Waals surface area contributed by atoms with Crippen LogP contribution in [0.1, 0.15) is 32.5 Å². The van der Waals surface area contributed by atoms with Crippen molar-refractivity contribution in [1.29, 1.82) is 0 Å². The van der Waals surface area contributed by atoms with E-state index < -0.39 is 5.60 Å². The average Bonchev–Trinajstić information content (AvgIpc) is 2.59. The molecule has 5 heteroatoms. The van der Waals surface area contributed by atoms with Crippen LogP contribution in [0.5, 0.6) is 0 Å². The minimum absolute atomic E-state index is 0.539. The highest BCUT2D eigenvalue weighted by Crippen LogP contribution is 2.14. The van der Waals surface area contributed by atoms with E-state index in [-0.39, 0.29) is 0 Å². The number of aromatic nitrogens is 3. The maximum Gasteiger partial charge on any atom is 0.138 e. The Labute approximate surface area is 96.9 Å². The summed E-state index contributed by atoms with van der Waals surface area (Å²) >= 11 is 0. The van der Waals surface area contributed by atoms with Crippen LogP contribution in [0, 0.1) is 0 Å². The highest BCUT2D eigenvalue weighted by atomic mass is 16.3. The molecule has 1 aromatic rings. The molecule has 0 saturated heterocycles. The summed E-state index contributed by atoms with van der Waals surface area (Å²) in [5, 5.41) is 17.5. The van der Waals surface area contributed by atoms with Crippen molar-refractivity contribution in [3.05, 3.63) is 12.2 Å². The lowest BCUT2D eigenvalue weighted by molar-refractivity contribution is 0.0487. The zero-order valence-corrected chi connectivity index (χ0v) is 10.4. The molecule has 92 valence electrons. The third kappa shape index (κ3) is 4.28. The molecular weight excluding hydrogens is 204 g/mol. The van der Waals surface area contributed by atoms with E-state index in [1.54, 1.807) is 4.68 Å². The van der Waals surface area contributed by atoms with Gasteiger partial charge in [0, 0.05) is 13.5 Å². The van der Waals surface area contributed by atoms with Crippen LogP contribution in [-0.2, 0) is 13.5 Å². The number of nitrogens with zero attached hydrogens (tertiary/aromatic N) is 3. The molecule has 1 aromatic heterocycles. The number of nitrogens with one attached hydrogen (secondary N) is 1. The average molecular weight is 226 g/mol. The largest absolute Gasteiger partial charge is 0.390 e. The van der Waals surface area contributed by atoms with Gasteiger partial charge >= 0.3 is 0 Å². The predicted octanol–water partition coefficient (Wildman–Crippen LogP) is 0.498. The van der Waals surface area contributed by atoms with Gasteiger partial charge in [-0.3, -0.25) is 4.68 Å². The van der Waals surface area contributed by atoms with Crippen LogP contribution in [-0.4, -0.2) is 38.6 Å². The molecule has 1 unspecified atom stereocenters. The van der Waals surface area contributed by atoms with E-state index in [0.29, 0.717) is 6.42 Å². The van der Waals surface area contributed by atoms with Gasteiger partial charge in [-0.25, -0.2) is 4.98 Å². The normalized spacial score (nSPS) is 15.0. The molecule has 0 amide bonds. The first-order valence-electron chi connectivity index (χ1n) is 5.81. The summed E-state index contributed by atoms with van der Waals surface area (Å²) in [5.74, 6) is 0.820. The third-order valence-corrected chi connectivity index (χ3v) is 2.61. The van der Waals surface area contributed by atoms with Crippen LogP contribution in [0.25, 0.3) is 0 Å². The summed E-state index contributed by atoms with van der Waals surface area (Å²) in [6.07, 6.45) is 3.89. The van der Waals surface area contributed by atoms with Gasteiger partial charge in [0.25, 0.3) is 0 Å². The van der Waals surface area contributed by atoms with Gasteiger partial charge in [-0.05, 0) is 32.9 Å². The Morgan fingerprint density at radius 1 is 1.50 bits per heavy atom. The molecule has 0 aliphatic carbocycles. The second-order valence-electron chi connectivity index (χ2n) is 4.47. The fraction of sp³-hybridized carbons (Fsp3) is 0.818. The number of hydrogen-bond acceptors (Lipinski definition) is 4. The van der Waals surface area contributed by atoms with Crippen molar-refractivity contribution in [2.75, 3.05) is 13.1 Å². The van der Waals surface area contributed by atoms with Crippen LogP contribution in [0.3, 0.4) is 0 Å². The van der Waals surface area contributed by atoms with Crippen LogP contribution < -0.4 is 5.32 Å². The van der Waals surface area contributed by atoms with Crippen molar-refractivity contribution < 1.29 is 5.11 Å². The minimum Gasteiger partial charge on any atom is -0.390 e. The van der Waals surface area contributed by atoms with E-state index in [9.17, 15) is 5.11 Å². The highest BCUT2D eigenvalue weighted by Gasteiger charge is 2.22. The molecule has 2 N–H and O–H groups in total. The Morgan fingerprint density at radius 3 is 2.81 bits per heavy atom. The maximum atomic E-state index is 10.2. The SMILES string of the molecule is CCCNCCC(C)(O)Cc1ncnn1C. The van der Waals surface area contributed by atoms with Crippen LogP contribution >= 0.6 is 0 Å². The van der Waals surface area contributed by atoms with E-state index >= 15 is 0 Å². The van der Waals surface area contributed by atoms with E-state index in [0.717, 1.165) is 31.8 Å². The van der Waals surface area contributed by atoms with E-state index in [2.05, 4.69) is 22.3 Å². The van der Waals surface area contributed by atoms with Crippen LogP contribution in [0.4, 0.5) is 0 Å². The first kappa shape index (κ1) is 13.1. The van der Waals surface area contributed by atoms with Gasteiger partial charge in [0.15, 0.2) is 0 Å². The van der Waals surface area contributed by atoms with Gasteiger partial charge in [0.2, 0.25) is 0 Å². The van der Waals surface area contributed by atoms with Gasteiger partial charge in [-0.1, -0.05) is 6.92 Å². The maximum absolute atomic E-state index is 10.2. The molecule has 1 rings (SSSR count). The molecule has 1 atom stereocenters. The lowest BCUT2D eigenvalue weighted by atomic mass is 9.97. The van der Waals surface area contributed by atoms with Gasteiger partial charge in [-0.2, -0.15) is 5.10 Å². The molecule has 0 bridgehead atoms. The Kier molecular flexibility index (Phi) is 4.89. The Bertz CT molecular complexity index is 309. The van der Waals surface area contributed by atoms with Crippen molar-refractivity contribution in [2.24, 2.45) is 7.05 Å². The molecule has 0 aliphatic heterocycles. The zero-order chi connectivity index (χ0) is 12.0. The molecule has 0 aliphatic rings. The molecular formula is C11H22N4O. The summed E-state index contributed by atoms with van der Waals surface area (Å²) < 4.78 is 1.70. The van der Waals surface area contributed by atoms with Crippen LogP contribution in [0.15, 0.2) is 6.33 Å². The second-order valence-corrected chi connectivity index (χ2v) is 4.47. The molecule has 0 aromatic carbocycles. The van der Waals surface area contributed by atoms with E-state index in [4.69, 9.17) is 0 Å². The lowest BCUT2D eigenvalue weighted by Gasteiger charge is -2.22. The number of aliphatic hydroxyl groups is 1. The topological polar surface area (TPSA) is 63.0 Å². The summed E-state index contributed by atoms with van der Waals surface area (Å²) in [6, 6.07) is 0.